The first-order valence-electron chi connectivity index (χ1n) is 9.84. The minimum atomic E-state index is -0.290. The molecule has 1 aromatic carbocycles. The van der Waals surface area contributed by atoms with Crippen LogP contribution < -0.4 is 9.47 Å². The Morgan fingerprint density at radius 2 is 1.79 bits per heavy atom. The second-order valence-corrected chi connectivity index (χ2v) is 8.28. The summed E-state index contributed by atoms with van der Waals surface area (Å²) >= 11 is 1.51. The molecule has 0 spiro atoms. The van der Waals surface area contributed by atoms with Crippen LogP contribution in [-0.4, -0.2) is 56.1 Å². The van der Waals surface area contributed by atoms with Crippen molar-refractivity contribution >= 4 is 17.2 Å². The van der Waals surface area contributed by atoms with Gasteiger partial charge in [0.25, 0.3) is 5.91 Å². The van der Waals surface area contributed by atoms with Crippen molar-refractivity contribution in [3.8, 4) is 21.9 Å². The van der Waals surface area contributed by atoms with Crippen molar-refractivity contribution in [2.45, 2.75) is 31.6 Å². The number of amides is 1. The average Bonchev–Trinajstić information content (AvgIpc) is 3.45. The van der Waals surface area contributed by atoms with E-state index in [0.717, 1.165) is 52.6 Å². The number of thiophene rings is 1. The van der Waals surface area contributed by atoms with Gasteiger partial charge in [0, 0.05) is 11.4 Å². The molecule has 0 N–H and O–H groups in total. The zero-order chi connectivity index (χ0) is 18.9. The molecule has 0 saturated carbocycles. The number of rotatable bonds is 3. The van der Waals surface area contributed by atoms with Gasteiger partial charge in [0.1, 0.15) is 13.2 Å². The maximum absolute atomic E-state index is 13.2. The molecule has 5 rings (SSSR count). The molecule has 1 amide bonds. The minimum absolute atomic E-state index is 0.00333. The number of carbonyl (C=O) groups is 1. The minimum Gasteiger partial charge on any atom is -0.486 e. The third-order valence-corrected chi connectivity index (χ3v) is 6.54. The molecule has 3 aliphatic heterocycles. The van der Waals surface area contributed by atoms with Crippen molar-refractivity contribution in [1.82, 2.24) is 4.90 Å². The average molecular weight is 401 g/mol. The fraction of sp³-hybridized carbons (Fsp3) is 0.476. The molecule has 4 heterocycles. The first-order valence-corrected chi connectivity index (χ1v) is 10.7. The van der Waals surface area contributed by atoms with Crippen LogP contribution in [-0.2, 0) is 9.47 Å². The summed E-state index contributed by atoms with van der Waals surface area (Å²) in [6.07, 6.45) is 2.76. The smallest absolute Gasteiger partial charge is 0.264 e. The summed E-state index contributed by atoms with van der Waals surface area (Å²) in [6, 6.07) is 9.85. The standard InChI is InChI=1S/C21H23NO5S/c23-20(22-8-2-1-3-15(22)21-26-11-12-27-21)19-7-6-18(28-19)14-4-5-16-17(13-14)25-10-9-24-16/h4-7,13,15,21H,1-3,8-12H2. The highest BCUT2D eigenvalue weighted by atomic mass is 32.1. The van der Waals surface area contributed by atoms with Crippen LogP contribution in [0.1, 0.15) is 28.9 Å². The molecule has 2 aromatic rings. The van der Waals surface area contributed by atoms with Gasteiger partial charge in [0.05, 0.1) is 24.1 Å². The van der Waals surface area contributed by atoms with Gasteiger partial charge in [-0.2, -0.15) is 0 Å². The molecule has 148 valence electrons. The number of piperidine rings is 1. The molecule has 2 fully saturated rings. The Morgan fingerprint density at radius 3 is 2.64 bits per heavy atom. The number of fused-ring (bicyclic) bond motifs is 1. The summed E-state index contributed by atoms with van der Waals surface area (Å²) in [5.74, 6) is 1.60. The van der Waals surface area contributed by atoms with E-state index in [0.29, 0.717) is 26.4 Å². The van der Waals surface area contributed by atoms with E-state index in [1.807, 2.05) is 35.2 Å². The molecule has 0 aliphatic carbocycles. The molecule has 7 heteroatoms. The number of hydrogen-bond acceptors (Lipinski definition) is 6. The first-order chi connectivity index (χ1) is 13.8. The number of carbonyl (C=O) groups excluding carboxylic acids is 1. The normalized spacial score (nSPS) is 22.4. The van der Waals surface area contributed by atoms with Gasteiger partial charge < -0.3 is 23.8 Å². The lowest BCUT2D eigenvalue weighted by atomic mass is 10.0. The Labute approximate surface area is 168 Å². The number of benzene rings is 1. The van der Waals surface area contributed by atoms with Crippen molar-refractivity contribution in [2.75, 3.05) is 33.0 Å². The van der Waals surface area contributed by atoms with Gasteiger partial charge in [0.15, 0.2) is 17.8 Å². The van der Waals surface area contributed by atoms with Gasteiger partial charge in [-0.3, -0.25) is 4.79 Å². The lowest BCUT2D eigenvalue weighted by molar-refractivity contribution is -0.100. The SMILES string of the molecule is O=C(c1ccc(-c2ccc3c(c2)OCCO3)s1)N1CCCCC1C1OCCO1. The zero-order valence-electron chi connectivity index (χ0n) is 15.6. The number of likely N-dealkylation sites (tertiary alicyclic amines) is 1. The van der Waals surface area contributed by atoms with Crippen molar-refractivity contribution < 1.29 is 23.7 Å². The predicted molar refractivity (Wildman–Crippen MR) is 105 cm³/mol. The molecule has 1 atom stereocenters. The van der Waals surface area contributed by atoms with E-state index in [-0.39, 0.29) is 18.2 Å². The highest BCUT2D eigenvalue weighted by Gasteiger charge is 2.37. The summed E-state index contributed by atoms with van der Waals surface area (Å²) < 4.78 is 22.7. The van der Waals surface area contributed by atoms with Gasteiger partial charge in [0.2, 0.25) is 0 Å². The van der Waals surface area contributed by atoms with E-state index in [4.69, 9.17) is 18.9 Å². The van der Waals surface area contributed by atoms with Gasteiger partial charge in [-0.15, -0.1) is 11.3 Å². The summed E-state index contributed by atoms with van der Waals surface area (Å²) in [6.45, 7) is 3.11. The molecule has 1 aromatic heterocycles. The van der Waals surface area contributed by atoms with E-state index in [1.165, 1.54) is 11.3 Å². The maximum Gasteiger partial charge on any atom is 0.264 e. The van der Waals surface area contributed by atoms with Crippen LogP contribution in [0.4, 0.5) is 0 Å². The van der Waals surface area contributed by atoms with E-state index in [1.54, 1.807) is 0 Å². The molecule has 0 bridgehead atoms. The first kappa shape index (κ1) is 18.0. The lowest BCUT2D eigenvalue weighted by Crippen LogP contribution is -2.50. The van der Waals surface area contributed by atoms with Crippen LogP contribution in [0.3, 0.4) is 0 Å². The predicted octanol–water partition coefficient (Wildman–Crippen LogP) is 3.55. The van der Waals surface area contributed by atoms with E-state index >= 15 is 0 Å². The van der Waals surface area contributed by atoms with Crippen LogP contribution >= 0.6 is 11.3 Å². The topological polar surface area (TPSA) is 57.2 Å². The highest BCUT2D eigenvalue weighted by molar-refractivity contribution is 7.17. The molecular weight excluding hydrogens is 378 g/mol. The van der Waals surface area contributed by atoms with Crippen LogP contribution in [0.25, 0.3) is 10.4 Å². The maximum atomic E-state index is 13.2. The Balaban J connectivity index is 1.37. The fourth-order valence-corrected chi connectivity index (χ4v) is 5.00. The third kappa shape index (κ3) is 3.38. The molecule has 28 heavy (non-hydrogen) atoms. The second-order valence-electron chi connectivity index (χ2n) is 7.19. The largest absolute Gasteiger partial charge is 0.486 e. The van der Waals surface area contributed by atoms with Gasteiger partial charge in [-0.25, -0.2) is 0 Å². The molecule has 2 saturated heterocycles. The van der Waals surface area contributed by atoms with E-state index in [2.05, 4.69) is 0 Å². The quantitative estimate of drug-likeness (QED) is 0.787. The van der Waals surface area contributed by atoms with E-state index in [9.17, 15) is 4.79 Å². The van der Waals surface area contributed by atoms with Gasteiger partial charge in [-0.1, -0.05) is 0 Å². The summed E-state index contributed by atoms with van der Waals surface area (Å²) in [7, 11) is 0. The van der Waals surface area contributed by atoms with Crippen LogP contribution in [0.15, 0.2) is 30.3 Å². The number of hydrogen-bond donors (Lipinski definition) is 0. The lowest BCUT2D eigenvalue weighted by Gasteiger charge is -2.37. The molecule has 0 radical (unpaired) electrons. The van der Waals surface area contributed by atoms with Crippen molar-refractivity contribution in [3.63, 3.8) is 0 Å². The van der Waals surface area contributed by atoms with Crippen molar-refractivity contribution in [1.29, 1.82) is 0 Å². The third-order valence-electron chi connectivity index (χ3n) is 5.42. The van der Waals surface area contributed by atoms with Crippen LogP contribution in [0, 0.1) is 0 Å². The summed E-state index contributed by atoms with van der Waals surface area (Å²) in [5.41, 5.74) is 1.03. The van der Waals surface area contributed by atoms with Gasteiger partial charge in [-0.05, 0) is 55.2 Å². The zero-order valence-corrected chi connectivity index (χ0v) is 16.4. The Bertz CT molecular complexity index is 860. The van der Waals surface area contributed by atoms with Gasteiger partial charge >= 0.3 is 0 Å². The Kier molecular flexibility index (Phi) is 4.96. The molecule has 6 nitrogen and oxygen atoms in total. The Morgan fingerprint density at radius 1 is 0.964 bits per heavy atom. The summed E-state index contributed by atoms with van der Waals surface area (Å²) in [4.78, 5) is 17.0. The number of nitrogens with zero attached hydrogens (tertiary/aromatic N) is 1. The van der Waals surface area contributed by atoms with Crippen molar-refractivity contribution in [3.05, 3.63) is 35.2 Å². The number of ether oxygens (including phenoxy) is 4. The molecule has 3 aliphatic rings. The highest BCUT2D eigenvalue weighted by Crippen LogP contribution is 2.37. The van der Waals surface area contributed by atoms with Crippen LogP contribution in [0.2, 0.25) is 0 Å². The summed E-state index contributed by atoms with van der Waals surface area (Å²) in [5, 5.41) is 0. The second kappa shape index (κ2) is 7.73. The fourth-order valence-electron chi connectivity index (χ4n) is 4.04. The van der Waals surface area contributed by atoms with Crippen molar-refractivity contribution in [2.24, 2.45) is 0 Å². The molecule has 1 unspecified atom stereocenters. The molecular formula is C21H23NO5S. The monoisotopic (exact) mass is 401 g/mol. The Hall–Kier alpha value is -2.09. The van der Waals surface area contributed by atoms with E-state index < -0.39 is 0 Å². The van der Waals surface area contributed by atoms with Crippen LogP contribution in [0.5, 0.6) is 11.5 Å².